The summed E-state index contributed by atoms with van der Waals surface area (Å²) in [4.78, 5) is 12.1. The predicted octanol–water partition coefficient (Wildman–Crippen LogP) is 5.14. The zero-order chi connectivity index (χ0) is 15.4. The van der Waals surface area contributed by atoms with Gasteiger partial charge in [-0.2, -0.15) is 0 Å². The van der Waals surface area contributed by atoms with E-state index in [-0.39, 0.29) is 11.2 Å². The second kappa shape index (κ2) is 7.32. The third kappa shape index (κ3) is 3.92. The number of hydrogen-bond donors (Lipinski definition) is 0. The Balaban J connectivity index is 1.71. The lowest BCUT2D eigenvalue weighted by Crippen LogP contribution is -2.21. The molecule has 0 amide bonds. The van der Waals surface area contributed by atoms with Crippen molar-refractivity contribution in [2.45, 2.75) is 62.8 Å². The Morgan fingerprint density at radius 3 is 2.73 bits per heavy atom. The number of rotatable bonds is 3. The van der Waals surface area contributed by atoms with Gasteiger partial charge in [0.1, 0.15) is 5.75 Å². The van der Waals surface area contributed by atoms with Crippen LogP contribution in [0.2, 0.25) is 0 Å². The third-order valence-corrected chi connectivity index (χ3v) is 4.98. The molecule has 0 bridgehead atoms. The maximum Gasteiger partial charge on any atom is 0.176 e. The van der Waals surface area contributed by atoms with Gasteiger partial charge in [0, 0.05) is 0 Å². The van der Waals surface area contributed by atoms with E-state index < -0.39 is 0 Å². The Morgan fingerprint density at radius 2 is 1.91 bits per heavy atom. The number of Topliss-reactive ketones (excluding diaryl/α,β-unsaturated/α-hetero) is 1. The van der Waals surface area contributed by atoms with Gasteiger partial charge in [-0.1, -0.05) is 18.6 Å². The SMILES string of the molecule is O=C1C(=Cc2cccc(OC3CCCCC3)c2)CCCC1Cl. The van der Waals surface area contributed by atoms with Gasteiger partial charge < -0.3 is 4.74 Å². The molecule has 1 aromatic carbocycles. The van der Waals surface area contributed by atoms with Crippen LogP contribution in [0.15, 0.2) is 29.8 Å². The van der Waals surface area contributed by atoms with E-state index in [0.29, 0.717) is 6.10 Å². The average Bonchev–Trinajstić information content (AvgIpc) is 2.53. The fourth-order valence-electron chi connectivity index (χ4n) is 3.32. The van der Waals surface area contributed by atoms with Gasteiger partial charge in [0.05, 0.1) is 11.5 Å². The summed E-state index contributed by atoms with van der Waals surface area (Å²) in [5.74, 6) is 0.999. The maximum atomic E-state index is 12.1. The molecule has 0 spiro atoms. The summed E-state index contributed by atoms with van der Waals surface area (Å²) in [7, 11) is 0. The Labute approximate surface area is 137 Å². The molecule has 0 N–H and O–H groups in total. The van der Waals surface area contributed by atoms with Crippen molar-refractivity contribution in [1.29, 1.82) is 0 Å². The molecule has 118 valence electrons. The van der Waals surface area contributed by atoms with E-state index in [1.165, 1.54) is 19.3 Å². The lowest BCUT2D eigenvalue weighted by molar-refractivity contribution is -0.116. The van der Waals surface area contributed by atoms with Gasteiger partial charge in [-0.05, 0) is 74.3 Å². The molecule has 1 unspecified atom stereocenters. The monoisotopic (exact) mass is 318 g/mol. The first-order valence-electron chi connectivity index (χ1n) is 8.38. The summed E-state index contributed by atoms with van der Waals surface area (Å²) in [6.45, 7) is 0. The van der Waals surface area contributed by atoms with Crippen LogP contribution in [0.4, 0.5) is 0 Å². The van der Waals surface area contributed by atoms with Crippen molar-refractivity contribution in [3.8, 4) is 5.75 Å². The minimum atomic E-state index is -0.346. The van der Waals surface area contributed by atoms with Crippen molar-refractivity contribution in [2.75, 3.05) is 0 Å². The molecule has 0 aliphatic heterocycles. The fourth-order valence-corrected chi connectivity index (χ4v) is 3.62. The quantitative estimate of drug-likeness (QED) is 0.569. The maximum absolute atomic E-state index is 12.1. The van der Waals surface area contributed by atoms with Crippen LogP contribution in [0.1, 0.15) is 56.9 Å². The molecule has 2 fully saturated rings. The molecule has 3 heteroatoms. The number of benzene rings is 1. The molecule has 0 radical (unpaired) electrons. The van der Waals surface area contributed by atoms with E-state index in [1.54, 1.807) is 0 Å². The van der Waals surface area contributed by atoms with Crippen molar-refractivity contribution in [2.24, 2.45) is 0 Å². The number of hydrogen-bond acceptors (Lipinski definition) is 2. The normalized spacial score (nSPS) is 25.4. The van der Waals surface area contributed by atoms with Crippen LogP contribution in [-0.2, 0) is 4.79 Å². The second-order valence-electron chi connectivity index (χ2n) is 6.34. The number of allylic oxidation sites excluding steroid dienone is 1. The predicted molar refractivity (Wildman–Crippen MR) is 90.4 cm³/mol. The molecule has 22 heavy (non-hydrogen) atoms. The summed E-state index contributed by atoms with van der Waals surface area (Å²) < 4.78 is 6.09. The van der Waals surface area contributed by atoms with Gasteiger partial charge in [0.15, 0.2) is 5.78 Å². The zero-order valence-corrected chi connectivity index (χ0v) is 13.6. The number of ether oxygens (including phenoxy) is 1. The van der Waals surface area contributed by atoms with Gasteiger partial charge in [0.2, 0.25) is 0 Å². The van der Waals surface area contributed by atoms with E-state index in [1.807, 2.05) is 30.3 Å². The second-order valence-corrected chi connectivity index (χ2v) is 6.87. The molecule has 2 saturated carbocycles. The Hall–Kier alpha value is -1.28. The molecule has 0 saturated heterocycles. The summed E-state index contributed by atoms with van der Waals surface area (Å²) in [5.41, 5.74) is 1.88. The molecule has 3 rings (SSSR count). The van der Waals surface area contributed by atoms with Crippen molar-refractivity contribution in [3.63, 3.8) is 0 Å². The lowest BCUT2D eigenvalue weighted by Gasteiger charge is -2.23. The molecule has 2 nitrogen and oxygen atoms in total. The van der Waals surface area contributed by atoms with Crippen LogP contribution >= 0.6 is 11.6 Å². The molecule has 2 aliphatic carbocycles. The number of halogens is 1. The lowest BCUT2D eigenvalue weighted by atomic mass is 9.91. The minimum absolute atomic E-state index is 0.0894. The van der Waals surface area contributed by atoms with Crippen LogP contribution in [-0.4, -0.2) is 17.3 Å². The zero-order valence-electron chi connectivity index (χ0n) is 12.9. The third-order valence-electron chi connectivity index (χ3n) is 4.56. The van der Waals surface area contributed by atoms with E-state index in [9.17, 15) is 4.79 Å². The summed E-state index contributed by atoms with van der Waals surface area (Å²) in [6.07, 6.45) is 11.1. The number of carbonyl (C=O) groups is 1. The van der Waals surface area contributed by atoms with Crippen LogP contribution in [0.25, 0.3) is 6.08 Å². The van der Waals surface area contributed by atoms with E-state index in [4.69, 9.17) is 16.3 Å². The highest BCUT2D eigenvalue weighted by molar-refractivity contribution is 6.34. The highest BCUT2D eigenvalue weighted by atomic mass is 35.5. The Bertz CT molecular complexity index is 558. The van der Waals surface area contributed by atoms with Gasteiger partial charge in [-0.15, -0.1) is 11.6 Å². The van der Waals surface area contributed by atoms with Crippen LogP contribution < -0.4 is 4.74 Å². The first-order chi connectivity index (χ1) is 10.7. The van der Waals surface area contributed by atoms with Crippen molar-refractivity contribution in [3.05, 3.63) is 35.4 Å². The van der Waals surface area contributed by atoms with Crippen LogP contribution in [0, 0.1) is 0 Å². The largest absolute Gasteiger partial charge is 0.490 e. The molecule has 0 heterocycles. The molecule has 1 aromatic rings. The summed E-state index contributed by atoms with van der Waals surface area (Å²) >= 11 is 6.07. The van der Waals surface area contributed by atoms with Crippen LogP contribution in [0.5, 0.6) is 5.75 Å². The minimum Gasteiger partial charge on any atom is -0.490 e. The van der Waals surface area contributed by atoms with Crippen LogP contribution in [0.3, 0.4) is 0 Å². The number of carbonyl (C=O) groups excluding carboxylic acids is 1. The molecule has 0 aromatic heterocycles. The number of ketones is 1. The highest BCUT2D eigenvalue weighted by Crippen LogP contribution is 2.28. The first kappa shape index (κ1) is 15.6. The standard InChI is InChI=1S/C19H23ClO2/c20-18-11-5-7-15(19(18)21)12-14-6-4-10-17(13-14)22-16-8-2-1-3-9-16/h4,6,10,12-13,16,18H,1-3,5,7-9,11H2. The molecular formula is C19H23ClO2. The van der Waals surface area contributed by atoms with Gasteiger partial charge in [0.25, 0.3) is 0 Å². The van der Waals surface area contributed by atoms with E-state index >= 15 is 0 Å². The van der Waals surface area contributed by atoms with E-state index in [0.717, 1.165) is 49.0 Å². The van der Waals surface area contributed by atoms with Crippen molar-refractivity contribution >= 4 is 23.5 Å². The van der Waals surface area contributed by atoms with Crippen molar-refractivity contribution in [1.82, 2.24) is 0 Å². The van der Waals surface area contributed by atoms with Gasteiger partial charge in [-0.3, -0.25) is 4.79 Å². The summed E-state index contributed by atoms with van der Waals surface area (Å²) in [5, 5.41) is -0.346. The Morgan fingerprint density at radius 1 is 1.09 bits per heavy atom. The molecular weight excluding hydrogens is 296 g/mol. The van der Waals surface area contributed by atoms with E-state index in [2.05, 4.69) is 0 Å². The van der Waals surface area contributed by atoms with Gasteiger partial charge in [-0.25, -0.2) is 0 Å². The van der Waals surface area contributed by atoms with Crippen molar-refractivity contribution < 1.29 is 9.53 Å². The average molecular weight is 319 g/mol. The molecule has 1 atom stereocenters. The first-order valence-corrected chi connectivity index (χ1v) is 8.81. The Kier molecular flexibility index (Phi) is 5.20. The topological polar surface area (TPSA) is 26.3 Å². The summed E-state index contributed by atoms with van der Waals surface area (Å²) in [6, 6.07) is 8.05. The fraction of sp³-hybridized carbons (Fsp3) is 0.526. The van der Waals surface area contributed by atoms with Gasteiger partial charge >= 0.3 is 0 Å². The smallest absolute Gasteiger partial charge is 0.176 e. The number of alkyl halides is 1. The molecule has 2 aliphatic rings. The highest BCUT2D eigenvalue weighted by Gasteiger charge is 2.24.